The molecule has 2 aliphatic heterocycles. The Bertz CT molecular complexity index is 777. The van der Waals surface area contributed by atoms with E-state index in [1.165, 1.54) is 0 Å². The fourth-order valence-corrected chi connectivity index (χ4v) is 3.90. The van der Waals surface area contributed by atoms with Gasteiger partial charge in [-0.05, 0) is 42.3 Å². The summed E-state index contributed by atoms with van der Waals surface area (Å²) >= 11 is 6.05. The van der Waals surface area contributed by atoms with E-state index in [1.54, 1.807) is 12.1 Å². The van der Waals surface area contributed by atoms with Crippen LogP contribution in [0.2, 0.25) is 5.02 Å². The Labute approximate surface area is 133 Å². The van der Waals surface area contributed by atoms with Crippen molar-refractivity contribution in [3.8, 4) is 5.75 Å². The number of rotatable bonds is 1. The zero-order valence-corrected chi connectivity index (χ0v) is 12.5. The number of carbonyl (C=O) groups excluding carboxylic acids is 1. The van der Waals surface area contributed by atoms with Gasteiger partial charge in [-0.15, -0.1) is 0 Å². The predicted molar refractivity (Wildman–Crippen MR) is 85.2 cm³/mol. The fourth-order valence-electron chi connectivity index (χ4n) is 3.71. The normalized spacial score (nSPS) is 26.2. The van der Waals surface area contributed by atoms with Crippen molar-refractivity contribution in [2.45, 2.75) is 17.9 Å². The topological polar surface area (TPSA) is 61.4 Å². The lowest BCUT2D eigenvalue weighted by atomic mass is 9.73. The van der Waals surface area contributed by atoms with E-state index in [9.17, 15) is 9.90 Å². The van der Waals surface area contributed by atoms with Crippen LogP contribution in [0.4, 0.5) is 5.69 Å². The Morgan fingerprint density at radius 3 is 2.86 bits per heavy atom. The van der Waals surface area contributed by atoms with Crippen molar-refractivity contribution in [1.29, 1.82) is 0 Å². The van der Waals surface area contributed by atoms with Gasteiger partial charge in [0.1, 0.15) is 5.75 Å². The number of fused-ring (bicyclic) bond motifs is 2. The van der Waals surface area contributed by atoms with Gasteiger partial charge in [0.2, 0.25) is 5.91 Å². The number of para-hydroxylation sites is 1. The summed E-state index contributed by atoms with van der Waals surface area (Å²) in [7, 11) is 0. The van der Waals surface area contributed by atoms with E-state index in [0.29, 0.717) is 5.02 Å². The molecule has 2 aromatic rings. The number of carbonyl (C=O) groups is 1. The molecule has 2 aliphatic rings. The molecule has 0 aliphatic carbocycles. The van der Waals surface area contributed by atoms with Gasteiger partial charge in [-0.1, -0.05) is 35.9 Å². The van der Waals surface area contributed by atoms with Crippen LogP contribution in [0.15, 0.2) is 42.5 Å². The second-order valence-electron chi connectivity index (χ2n) is 5.82. The smallest absolute Gasteiger partial charge is 0.237 e. The number of benzene rings is 2. The van der Waals surface area contributed by atoms with Crippen molar-refractivity contribution in [2.75, 3.05) is 11.9 Å². The van der Waals surface area contributed by atoms with Gasteiger partial charge in [0.25, 0.3) is 0 Å². The number of aromatic hydroxyl groups is 1. The summed E-state index contributed by atoms with van der Waals surface area (Å²) in [5, 5.41) is 16.3. The highest BCUT2D eigenvalue weighted by molar-refractivity contribution is 6.32. The van der Waals surface area contributed by atoms with Gasteiger partial charge in [0, 0.05) is 5.69 Å². The van der Waals surface area contributed by atoms with Gasteiger partial charge in [0.15, 0.2) is 0 Å². The maximum atomic E-state index is 12.8. The number of amides is 1. The Morgan fingerprint density at radius 2 is 2.05 bits per heavy atom. The zero-order chi connectivity index (χ0) is 15.3. The Hall–Kier alpha value is -2.04. The standard InChI is InChI=1S/C17H15ClN2O2/c18-12-9-10(5-6-14(12)21)15-17(7-8-19-15)11-3-1-2-4-13(11)20-16(17)22/h1-6,9,15,19,21H,7-8H2,(H,20,22)/t15-,17-/m1/s1. The SMILES string of the molecule is O=C1Nc2ccccc2[C@@]12CCN[C@@H]2c1ccc(O)c(Cl)c1. The van der Waals surface area contributed by atoms with Crippen molar-refractivity contribution < 1.29 is 9.90 Å². The second-order valence-corrected chi connectivity index (χ2v) is 6.23. The van der Waals surface area contributed by atoms with Gasteiger partial charge in [0.05, 0.1) is 16.5 Å². The minimum Gasteiger partial charge on any atom is -0.506 e. The highest BCUT2D eigenvalue weighted by Crippen LogP contribution is 2.51. The van der Waals surface area contributed by atoms with Crippen LogP contribution in [0, 0.1) is 0 Å². The van der Waals surface area contributed by atoms with Crippen molar-refractivity contribution >= 4 is 23.2 Å². The first-order valence-corrected chi connectivity index (χ1v) is 7.63. The first-order chi connectivity index (χ1) is 10.6. The van der Waals surface area contributed by atoms with Crippen LogP contribution in [-0.4, -0.2) is 17.6 Å². The molecule has 0 bridgehead atoms. The Morgan fingerprint density at radius 1 is 1.23 bits per heavy atom. The third-order valence-corrected chi connectivity index (χ3v) is 5.03. The van der Waals surface area contributed by atoms with Crippen LogP contribution in [0.1, 0.15) is 23.6 Å². The van der Waals surface area contributed by atoms with E-state index < -0.39 is 5.41 Å². The number of hydrogen-bond acceptors (Lipinski definition) is 3. The van der Waals surface area contributed by atoms with Crippen LogP contribution in [0.25, 0.3) is 0 Å². The van der Waals surface area contributed by atoms with Crippen LogP contribution < -0.4 is 10.6 Å². The molecule has 4 nitrogen and oxygen atoms in total. The zero-order valence-electron chi connectivity index (χ0n) is 11.8. The third-order valence-electron chi connectivity index (χ3n) is 4.73. The quantitative estimate of drug-likeness (QED) is 0.758. The molecule has 0 saturated carbocycles. The van der Waals surface area contributed by atoms with Gasteiger partial charge < -0.3 is 15.7 Å². The van der Waals surface area contributed by atoms with Crippen LogP contribution in [-0.2, 0) is 10.2 Å². The summed E-state index contributed by atoms with van der Waals surface area (Å²) in [4.78, 5) is 12.8. The van der Waals surface area contributed by atoms with Crippen LogP contribution in [0.3, 0.4) is 0 Å². The second kappa shape index (κ2) is 4.73. The molecular weight excluding hydrogens is 300 g/mol. The lowest BCUT2D eigenvalue weighted by Gasteiger charge is -2.29. The van der Waals surface area contributed by atoms with Crippen LogP contribution >= 0.6 is 11.6 Å². The monoisotopic (exact) mass is 314 g/mol. The maximum absolute atomic E-state index is 12.8. The molecule has 1 amide bonds. The molecule has 112 valence electrons. The van der Waals surface area contributed by atoms with E-state index in [-0.39, 0.29) is 17.7 Å². The number of hydrogen-bond donors (Lipinski definition) is 3. The molecule has 22 heavy (non-hydrogen) atoms. The molecule has 2 heterocycles. The molecule has 0 radical (unpaired) electrons. The van der Waals surface area contributed by atoms with E-state index >= 15 is 0 Å². The van der Waals surface area contributed by atoms with Crippen molar-refractivity contribution in [3.63, 3.8) is 0 Å². The molecule has 3 N–H and O–H groups in total. The number of phenolic OH excluding ortho intramolecular Hbond substituents is 1. The molecular formula is C17H15ClN2O2. The maximum Gasteiger partial charge on any atom is 0.237 e. The van der Waals surface area contributed by atoms with Gasteiger partial charge >= 0.3 is 0 Å². The number of nitrogens with one attached hydrogen (secondary N) is 2. The summed E-state index contributed by atoms with van der Waals surface area (Å²) in [5.74, 6) is 0.0710. The van der Waals surface area contributed by atoms with Gasteiger partial charge in [-0.2, -0.15) is 0 Å². The minimum atomic E-state index is -0.614. The molecule has 5 heteroatoms. The lowest BCUT2D eigenvalue weighted by molar-refractivity contribution is -0.121. The number of halogens is 1. The molecule has 0 aromatic heterocycles. The molecule has 1 fully saturated rings. The molecule has 1 saturated heterocycles. The highest BCUT2D eigenvalue weighted by Gasteiger charge is 2.55. The lowest BCUT2D eigenvalue weighted by Crippen LogP contribution is -2.39. The summed E-state index contributed by atoms with van der Waals surface area (Å²) in [6.45, 7) is 0.755. The van der Waals surface area contributed by atoms with E-state index in [2.05, 4.69) is 10.6 Å². The molecule has 2 atom stereocenters. The minimum absolute atomic E-state index is 0.0212. The van der Waals surface area contributed by atoms with Crippen molar-refractivity contribution in [3.05, 3.63) is 58.6 Å². The summed E-state index contributed by atoms with van der Waals surface area (Å²) < 4.78 is 0. The van der Waals surface area contributed by atoms with E-state index in [4.69, 9.17) is 11.6 Å². The first-order valence-electron chi connectivity index (χ1n) is 7.26. The highest BCUT2D eigenvalue weighted by atomic mass is 35.5. The molecule has 4 rings (SSSR count). The average Bonchev–Trinajstić information content (AvgIpc) is 3.07. The van der Waals surface area contributed by atoms with Gasteiger partial charge in [-0.3, -0.25) is 4.79 Å². The predicted octanol–water partition coefficient (Wildman–Crippen LogP) is 2.97. The fraction of sp³-hybridized carbons (Fsp3) is 0.235. The van der Waals surface area contributed by atoms with Crippen LogP contribution in [0.5, 0.6) is 5.75 Å². The van der Waals surface area contributed by atoms with Gasteiger partial charge in [-0.25, -0.2) is 0 Å². The van der Waals surface area contributed by atoms with Crippen molar-refractivity contribution in [2.24, 2.45) is 0 Å². The number of phenols is 1. The summed E-state index contributed by atoms with van der Waals surface area (Å²) in [6.07, 6.45) is 0.735. The van der Waals surface area contributed by atoms with E-state index in [1.807, 2.05) is 30.3 Å². The average molecular weight is 315 g/mol. The van der Waals surface area contributed by atoms with E-state index in [0.717, 1.165) is 29.8 Å². The first kappa shape index (κ1) is 13.6. The Kier molecular flexibility index (Phi) is 2.93. The molecule has 1 spiro atoms. The third kappa shape index (κ3) is 1.71. The molecule has 2 aromatic carbocycles. The molecule has 0 unspecified atom stereocenters. The van der Waals surface area contributed by atoms with Crippen molar-refractivity contribution in [1.82, 2.24) is 5.32 Å². The largest absolute Gasteiger partial charge is 0.506 e. The summed E-state index contributed by atoms with van der Waals surface area (Å²) in [5.41, 5.74) is 2.20. The summed E-state index contributed by atoms with van der Waals surface area (Å²) in [6, 6.07) is 12.8. The number of anilines is 1. The Balaban J connectivity index is 1.87.